The first-order valence-electron chi connectivity index (χ1n) is 5.65. The summed E-state index contributed by atoms with van der Waals surface area (Å²) in [5.41, 5.74) is 4.33. The zero-order valence-corrected chi connectivity index (χ0v) is 10.8. The van der Waals surface area contributed by atoms with Crippen LogP contribution in [0, 0.1) is 6.92 Å². The van der Waals surface area contributed by atoms with Crippen LogP contribution in [0.2, 0.25) is 0 Å². The number of fused-ring (bicyclic) bond motifs is 3. The van der Waals surface area contributed by atoms with Crippen molar-refractivity contribution in [2.24, 2.45) is 0 Å². The lowest BCUT2D eigenvalue weighted by atomic mass is 9.89. The van der Waals surface area contributed by atoms with E-state index in [1.54, 1.807) is 0 Å². The van der Waals surface area contributed by atoms with Gasteiger partial charge in [-0.2, -0.15) is 0 Å². The summed E-state index contributed by atoms with van der Waals surface area (Å²) in [7, 11) is 0. The van der Waals surface area contributed by atoms with Gasteiger partial charge < -0.3 is 0 Å². The highest BCUT2D eigenvalue weighted by Crippen LogP contribution is 2.36. The molecule has 0 aromatic heterocycles. The molecule has 0 nitrogen and oxygen atoms in total. The van der Waals surface area contributed by atoms with Gasteiger partial charge in [-0.3, -0.25) is 0 Å². The molecule has 2 aromatic carbocycles. The number of rotatable bonds is 0. The zero-order valence-electron chi connectivity index (χ0n) is 9.26. The van der Waals surface area contributed by atoms with Crippen LogP contribution in [-0.4, -0.2) is 0 Å². The number of benzene rings is 2. The Bertz CT molecular complexity index is 594. The Morgan fingerprint density at radius 1 is 1.12 bits per heavy atom. The second kappa shape index (κ2) is 3.74. The number of hydrogen-bond donors (Lipinski definition) is 0. The van der Waals surface area contributed by atoms with Gasteiger partial charge in [-0.05, 0) is 63.2 Å². The van der Waals surface area contributed by atoms with E-state index in [1.165, 1.54) is 44.8 Å². The molecule has 16 heavy (non-hydrogen) atoms. The van der Waals surface area contributed by atoms with Crippen molar-refractivity contribution >= 4 is 32.8 Å². The monoisotopic (exact) mass is 272 g/mol. The van der Waals surface area contributed by atoms with Crippen LogP contribution in [0.1, 0.15) is 23.1 Å². The highest BCUT2D eigenvalue weighted by molar-refractivity contribution is 9.10. The summed E-state index contributed by atoms with van der Waals surface area (Å²) in [6.07, 6.45) is 6.89. The van der Waals surface area contributed by atoms with E-state index in [1.807, 2.05) is 0 Å². The van der Waals surface area contributed by atoms with Crippen LogP contribution in [0.5, 0.6) is 0 Å². The molecule has 0 aliphatic heterocycles. The van der Waals surface area contributed by atoms with Crippen LogP contribution >= 0.6 is 15.9 Å². The second-order valence-corrected chi connectivity index (χ2v) is 5.11. The molecule has 0 amide bonds. The lowest BCUT2D eigenvalue weighted by Gasteiger charge is -2.18. The molecule has 0 unspecified atom stereocenters. The van der Waals surface area contributed by atoms with Gasteiger partial charge in [0.15, 0.2) is 0 Å². The SMILES string of the molecule is Cc1c2c(c3ccccc3c1Br)C=CCC2. The first-order valence-corrected chi connectivity index (χ1v) is 6.44. The minimum absolute atomic E-state index is 1.17. The summed E-state index contributed by atoms with van der Waals surface area (Å²) < 4.78 is 1.26. The molecule has 80 valence electrons. The summed E-state index contributed by atoms with van der Waals surface area (Å²) in [6, 6.07) is 8.63. The van der Waals surface area contributed by atoms with Gasteiger partial charge >= 0.3 is 0 Å². The van der Waals surface area contributed by atoms with Gasteiger partial charge in [0.05, 0.1) is 0 Å². The molecule has 0 fully saturated rings. The number of halogens is 1. The first kappa shape index (κ1) is 10.1. The minimum Gasteiger partial charge on any atom is -0.0836 e. The van der Waals surface area contributed by atoms with E-state index in [9.17, 15) is 0 Å². The fourth-order valence-corrected chi connectivity index (χ4v) is 3.13. The molecule has 1 aliphatic carbocycles. The lowest BCUT2D eigenvalue weighted by molar-refractivity contribution is 0.973. The van der Waals surface area contributed by atoms with Gasteiger partial charge in [0.25, 0.3) is 0 Å². The predicted molar refractivity (Wildman–Crippen MR) is 73.7 cm³/mol. The largest absolute Gasteiger partial charge is 0.0836 e. The maximum Gasteiger partial charge on any atom is 0.0286 e. The van der Waals surface area contributed by atoms with E-state index >= 15 is 0 Å². The Morgan fingerprint density at radius 3 is 2.69 bits per heavy atom. The molecular formula is C15H13Br. The van der Waals surface area contributed by atoms with Crippen LogP contribution in [0.15, 0.2) is 34.8 Å². The molecule has 0 saturated carbocycles. The van der Waals surface area contributed by atoms with E-state index < -0.39 is 0 Å². The van der Waals surface area contributed by atoms with E-state index in [-0.39, 0.29) is 0 Å². The van der Waals surface area contributed by atoms with Crippen LogP contribution in [0.25, 0.3) is 16.8 Å². The van der Waals surface area contributed by atoms with E-state index in [0.29, 0.717) is 0 Å². The highest BCUT2D eigenvalue weighted by Gasteiger charge is 2.14. The Hall–Kier alpha value is -1.08. The summed E-state index contributed by atoms with van der Waals surface area (Å²) in [5, 5.41) is 2.69. The van der Waals surface area contributed by atoms with Crippen LogP contribution in [0.3, 0.4) is 0 Å². The number of hydrogen-bond acceptors (Lipinski definition) is 0. The zero-order chi connectivity index (χ0) is 11.1. The van der Waals surface area contributed by atoms with Gasteiger partial charge in [0, 0.05) is 4.47 Å². The van der Waals surface area contributed by atoms with Crippen molar-refractivity contribution < 1.29 is 0 Å². The number of allylic oxidation sites excluding steroid dienone is 1. The average molecular weight is 273 g/mol. The van der Waals surface area contributed by atoms with E-state index in [4.69, 9.17) is 0 Å². The molecule has 3 rings (SSSR count). The Labute approximate surface area is 104 Å². The predicted octanol–water partition coefficient (Wildman–Crippen LogP) is 4.87. The summed E-state index contributed by atoms with van der Waals surface area (Å²) in [5.74, 6) is 0. The second-order valence-electron chi connectivity index (χ2n) is 4.32. The van der Waals surface area contributed by atoms with Gasteiger partial charge in [-0.1, -0.05) is 36.4 Å². The quantitative estimate of drug-likeness (QED) is 0.642. The molecule has 0 saturated heterocycles. The highest BCUT2D eigenvalue weighted by atomic mass is 79.9. The smallest absolute Gasteiger partial charge is 0.0286 e. The fourth-order valence-electron chi connectivity index (χ4n) is 2.55. The molecule has 2 aromatic rings. The van der Waals surface area contributed by atoms with Crippen LogP contribution in [0.4, 0.5) is 0 Å². The van der Waals surface area contributed by atoms with Crippen molar-refractivity contribution in [2.75, 3.05) is 0 Å². The molecule has 0 radical (unpaired) electrons. The lowest BCUT2D eigenvalue weighted by Crippen LogP contribution is -2.00. The topological polar surface area (TPSA) is 0 Å². The maximum absolute atomic E-state index is 3.74. The third-order valence-corrected chi connectivity index (χ3v) is 4.43. The molecule has 0 bridgehead atoms. The first-order chi connectivity index (χ1) is 7.79. The average Bonchev–Trinajstić information content (AvgIpc) is 2.36. The summed E-state index contributed by atoms with van der Waals surface area (Å²) in [6.45, 7) is 2.22. The van der Waals surface area contributed by atoms with Gasteiger partial charge in [-0.15, -0.1) is 0 Å². The molecule has 1 aliphatic rings. The molecular weight excluding hydrogens is 260 g/mol. The normalized spacial score (nSPS) is 14.1. The van der Waals surface area contributed by atoms with Crippen LogP contribution < -0.4 is 0 Å². The van der Waals surface area contributed by atoms with Crippen molar-refractivity contribution in [3.05, 3.63) is 51.5 Å². The van der Waals surface area contributed by atoms with E-state index in [0.717, 1.165) is 0 Å². The third-order valence-electron chi connectivity index (χ3n) is 3.41. The molecule has 0 spiro atoms. The van der Waals surface area contributed by atoms with Gasteiger partial charge in [-0.25, -0.2) is 0 Å². The molecule has 0 heterocycles. The minimum atomic E-state index is 1.17. The van der Waals surface area contributed by atoms with Crippen molar-refractivity contribution in [3.63, 3.8) is 0 Å². The molecule has 1 heteroatoms. The maximum atomic E-state index is 3.74. The van der Waals surface area contributed by atoms with Gasteiger partial charge in [0.1, 0.15) is 0 Å². The third kappa shape index (κ3) is 1.35. The fraction of sp³-hybridized carbons (Fsp3) is 0.200. The Morgan fingerprint density at radius 2 is 1.88 bits per heavy atom. The Balaban J connectivity index is 2.52. The van der Waals surface area contributed by atoms with Crippen molar-refractivity contribution in [2.45, 2.75) is 19.8 Å². The van der Waals surface area contributed by atoms with Crippen LogP contribution in [-0.2, 0) is 6.42 Å². The Kier molecular flexibility index (Phi) is 2.36. The molecule has 0 atom stereocenters. The standard InChI is InChI=1S/C15H13Br/c1-10-11-6-2-3-7-12(11)13-8-4-5-9-14(13)15(10)16/h3-5,7-9H,2,6H2,1H3. The van der Waals surface area contributed by atoms with Gasteiger partial charge in [0.2, 0.25) is 0 Å². The van der Waals surface area contributed by atoms with E-state index in [2.05, 4.69) is 59.3 Å². The molecule has 0 N–H and O–H groups in total. The van der Waals surface area contributed by atoms with Crippen molar-refractivity contribution in [1.29, 1.82) is 0 Å². The van der Waals surface area contributed by atoms with Crippen molar-refractivity contribution in [1.82, 2.24) is 0 Å². The summed E-state index contributed by atoms with van der Waals surface area (Å²) in [4.78, 5) is 0. The summed E-state index contributed by atoms with van der Waals surface area (Å²) >= 11 is 3.74. The van der Waals surface area contributed by atoms with Crippen molar-refractivity contribution in [3.8, 4) is 0 Å².